The first kappa shape index (κ1) is 26.8. The highest BCUT2D eigenvalue weighted by Gasteiger charge is 2.68. The minimum atomic E-state index is -0.912. The van der Waals surface area contributed by atoms with Crippen LogP contribution in [0.15, 0.2) is 121 Å². The molecule has 3 heterocycles. The van der Waals surface area contributed by atoms with Crippen molar-refractivity contribution in [2.45, 2.75) is 40.6 Å². The first-order chi connectivity index (χ1) is 20.5. The van der Waals surface area contributed by atoms with Crippen molar-refractivity contribution >= 4 is 29.3 Å². The van der Waals surface area contributed by atoms with Crippen LogP contribution in [0, 0.1) is 0 Å². The lowest BCUT2D eigenvalue weighted by Crippen LogP contribution is -2.73. The number of fused-ring (bicyclic) bond motifs is 1. The van der Waals surface area contributed by atoms with Gasteiger partial charge in [0.05, 0.1) is 10.3 Å². The average molecular weight is 576 g/mol. The van der Waals surface area contributed by atoms with Crippen LogP contribution in [-0.4, -0.2) is 57.2 Å². The van der Waals surface area contributed by atoms with E-state index in [9.17, 15) is 14.7 Å². The Morgan fingerprint density at radius 2 is 1.21 bits per heavy atom. The molecular formula is C35H33N3O3S. The van der Waals surface area contributed by atoms with E-state index >= 15 is 0 Å². The van der Waals surface area contributed by atoms with Gasteiger partial charge in [0, 0.05) is 18.8 Å². The number of carbonyl (C=O) groups excluding carboxylic acids is 1. The number of para-hydroxylation sites is 1. The smallest absolute Gasteiger partial charge is 0.327 e. The van der Waals surface area contributed by atoms with Gasteiger partial charge >= 0.3 is 5.97 Å². The summed E-state index contributed by atoms with van der Waals surface area (Å²) in [4.78, 5) is 30.8. The van der Waals surface area contributed by atoms with Gasteiger partial charge < -0.3 is 14.9 Å². The minimum absolute atomic E-state index is 0.144. The van der Waals surface area contributed by atoms with Gasteiger partial charge in [-0.25, -0.2) is 4.79 Å². The van der Waals surface area contributed by atoms with Crippen LogP contribution in [0.1, 0.15) is 29.5 Å². The number of hydrogen-bond donors (Lipinski definition) is 2. The number of rotatable bonds is 7. The summed E-state index contributed by atoms with van der Waals surface area (Å²) in [6, 6.07) is 39.6. The molecule has 3 atom stereocenters. The van der Waals surface area contributed by atoms with Crippen molar-refractivity contribution in [3.63, 3.8) is 0 Å². The van der Waals surface area contributed by atoms with E-state index < -0.39 is 28.3 Å². The molecule has 3 saturated heterocycles. The maximum atomic E-state index is 14.0. The molecule has 6 nitrogen and oxygen atoms in total. The van der Waals surface area contributed by atoms with Gasteiger partial charge in [0.25, 0.3) is 0 Å². The Balaban J connectivity index is 1.25. The van der Waals surface area contributed by atoms with Gasteiger partial charge in [-0.15, -0.1) is 11.8 Å². The maximum Gasteiger partial charge on any atom is 0.327 e. The molecule has 4 aromatic rings. The summed E-state index contributed by atoms with van der Waals surface area (Å²) in [5.74, 6) is -1.06. The number of nitrogens with one attached hydrogen (secondary N) is 1. The molecule has 2 N–H and O–H groups in total. The Kier molecular flexibility index (Phi) is 6.79. The Labute approximate surface area is 250 Å². The average Bonchev–Trinajstić information content (AvgIpc) is 3.34. The highest BCUT2D eigenvalue weighted by molar-refractivity contribution is 8.01. The first-order valence-electron chi connectivity index (χ1n) is 14.5. The first-order valence-corrected chi connectivity index (χ1v) is 15.4. The standard InChI is InChI=1S/C35H33N3O3S/c39-31-29(32-38(31)30(33(40)41)34(42-32)21-23-37(24-22-34)28-19-11-4-12-20-28)36-35(25-13-5-1-6-14-25,26-15-7-2-8-16-26)27-17-9-3-10-18-27/h1-20,29-30,32,36H,21-24H2,(H,40,41)/t29?,30?,32-/m0/s1. The second-order valence-electron chi connectivity index (χ2n) is 11.4. The van der Waals surface area contributed by atoms with E-state index in [0.29, 0.717) is 12.8 Å². The lowest BCUT2D eigenvalue weighted by molar-refractivity contribution is -0.161. The van der Waals surface area contributed by atoms with Crippen LogP contribution in [-0.2, 0) is 15.1 Å². The van der Waals surface area contributed by atoms with E-state index in [0.717, 1.165) is 35.5 Å². The summed E-state index contributed by atoms with van der Waals surface area (Å²) in [7, 11) is 0. The summed E-state index contributed by atoms with van der Waals surface area (Å²) in [5, 5.41) is 14.0. The van der Waals surface area contributed by atoms with Crippen molar-refractivity contribution in [2.24, 2.45) is 0 Å². The highest BCUT2D eigenvalue weighted by atomic mass is 32.2. The number of thioether (sulfide) groups is 1. The zero-order chi connectivity index (χ0) is 28.7. The minimum Gasteiger partial charge on any atom is -0.480 e. The van der Waals surface area contributed by atoms with Crippen molar-refractivity contribution in [2.75, 3.05) is 18.0 Å². The van der Waals surface area contributed by atoms with E-state index in [-0.39, 0.29) is 11.3 Å². The number of anilines is 1. The molecule has 0 aromatic heterocycles. The van der Waals surface area contributed by atoms with Crippen LogP contribution in [0.3, 0.4) is 0 Å². The van der Waals surface area contributed by atoms with Crippen molar-refractivity contribution in [1.82, 2.24) is 10.2 Å². The molecule has 7 heteroatoms. The molecule has 0 radical (unpaired) electrons. The number of carboxylic acids is 1. The van der Waals surface area contributed by atoms with E-state index in [1.165, 1.54) is 0 Å². The highest BCUT2D eigenvalue weighted by Crippen LogP contribution is 2.56. The number of hydrogen-bond acceptors (Lipinski definition) is 5. The van der Waals surface area contributed by atoms with Gasteiger partial charge in [-0.1, -0.05) is 109 Å². The van der Waals surface area contributed by atoms with Crippen LogP contribution >= 0.6 is 11.8 Å². The van der Waals surface area contributed by atoms with Gasteiger partial charge in [0.1, 0.15) is 17.5 Å². The number of aliphatic carboxylic acids is 1. The molecule has 3 aliphatic heterocycles. The van der Waals surface area contributed by atoms with Gasteiger partial charge in [0.2, 0.25) is 5.91 Å². The van der Waals surface area contributed by atoms with Crippen molar-refractivity contribution in [1.29, 1.82) is 0 Å². The summed E-state index contributed by atoms with van der Waals surface area (Å²) in [6.45, 7) is 1.52. The van der Waals surface area contributed by atoms with E-state index in [1.54, 1.807) is 16.7 Å². The Hall–Kier alpha value is -4.07. The van der Waals surface area contributed by atoms with Crippen molar-refractivity contribution < 1.29 is 14.7 Å². The number of nitrogens with zero attached hydrogens (tertiary/aromatic N) is 2. The zero-order valence-corrected chi connectivity index (χ0v) is 24.0. The molecule has 3 fully saturated rings. The number of piperidine rings is 1. The van der Waals surface area contributed by atoms with Crippen LogP contribution in [0.5, 0.6) is 0 Å². The normalized spacial score (nSPS) is 23.0. The van der Waals surface area contributed by atoms with Gasteiger partial charge in [-0.2, -0.15) is 0 Å². The molecule has 0 aliphatic carbocycles. The zero-order valence-electron chi connectivity index (χ0n) is 23.2. The Morgan fingerprint density at radius 3 is 1.67 bits per heavy atom. The number of amides is 1. The number of carboxylic acid groups (broad SMARTS) is 1. The molecule has 7 rings (SSSR count). The Morgan fingerprint density at radius 1 is 0.762 bits per heavy atom. The quantitative estimate of drug-likeness (QED) is 0.229. The molecule has 2 unspecified atom stereocenters. The van der Waals surface area contributed by atoms with Gasteiger partial charge in [-0.3, -0.25) is 10.1 Å². The fourth-order valence-electron chi connectivity index (χ4n) is 7.14. The molecular weight excluding hydrogens is 542 g/mol. The Bertz CT molecular complexity index is 1460. The molecule has 1 spiro atoms. The van der Waals surface area contributed by atoms with E-state index in [1.807, 2.05) is 72.8 Å². The lowest BCUT2D eigenvalue weighted by Gasteiger charge is -2.49. The topological polar surface area (TPSA) is 72.9 Å². The summed E-state index contributed by atoms with van der Waals surface area (Å²) in [5.41, 5.74) is 3.42. The molecule has 4 aromatic carbocycles. The van der Waals surface area contributed by atoms with E-state index in [4.69, 9.17) is 0 Å². The fourth-order valence-corrected chi connectivity index (χ4v) is 9.04. The van der Waals surface area contributed by atoms with Crippen LogP contribution in [0.2, 0.25) is 0 Å². The van der Waals surface area contributed by atoms with Gasteiger partial charge in [-0.05, 0) is 41.7 Å². The van der Waals surface area contributed by atoms with Crippen LogP contribution in [0.4, 0.5) is 5.69 Å². The second-order valence-corrected chi connectivity index (χ2v) is 12.9. The molecule has 3 aliphatic rings. The fraction of sp³-hybridized carbons (Fsp3) is 0.257. The predicted octanol–water partition coefficient (Wildman–Crippen LogP) is 5.34. The van der Waals surface area contributed by atoms with E-state index in [2.05, 4.69) is 58.7 Å². The third-order valence-electron chi connectivity index (χ3n) is 9.17. The third kappa shape index (κ3) is 4.22. The van der Waals surface area contributed by atoms with Gasteiger partial charge in [0.15, 0.2) is 0 Å². The monoisotopic (exact) mass is 575 g/mol. The molecule has 42 heavy (non-hydrogen) atoms. The molecule has 0 saturated carbocycles. The molecule has 1 amide bonds. The van der Waals surface area contributed by atoms with Crippen molar-refractivity contribution in [3.05, 3.63) is 138 Å². The number of β-lactam (4-membered cyclic amide) rings is 1. The van der Waals surface area contributed by atoms with Crippen LogP contribution < -0.4 is 10.2 Å². The number of carbonyl (C=O) groups is 2. The molecule has 212 valence electrons. The van der Waals surface area contributed by atoms with Crippen LogP contribution in [0.25, 0.3) is 0 Å². The SMILES string of the molecule is O=C(O)C1N2C(=O)C(NC(c3ccccc3)(c3ccccc3)c3ccccc3)[C@@H]2SC12CCN(c1ccccc1)CC2. The predicted molar refractivity (Wildman–Crippen MR) is 166 cm³/mol. The maximum absolute atomic E-state index is 14.0. The third-order valence-corrected chi connectivity index (χ3v) is 11.0. The summed E-state index contributed by atoms with van der Waals surface area (Å²) >= 11 is 1.69. The summed E-state index contributed by atoms with van der Waals surface area (Å²) < 4.78 is -0.525. The van der Waals surface area contributed by atoms with Crippen molar-refractivity contribution in [3.8, 4) is 0 Å². The largest absolute Gasteiger partial charge is 0.480 e. The molecule has 0 bridgehead atoms. The number of benzene rings is 4. The second kappa shape index (κ2) is 10.6. The summed E-state index contributed by atoms with van der Waals surface area (Å²) in [6.07, 6.45) is 1.41. The lowest BCUT2D eigenvalue weighted by atomic mass is 9.75.